The van der Waals surface area contributed by atoms with Gasteiger partial charge in [-0.15, -0.1) is 0 Å². The molecule has 2 aromatic rings. The molecule has 30 heavy (non-hydrogen) atoms. The summed E-state index contributed by atoms with van der Waals surface area (Å²) in [6.45, 7) is 1.52. The molecule has 2 amide bonds. The van der Waals surface area contributed by atoms with E-state index in [9.17, 15) is 14.4 Å². The number of para-hydroxylation sites is 1. The highest BCUT2D eigenvalue weighted by atomic mass is 79.9. The Morgan fingerprint density at radius 1 is 1.17 bits per heavy atom. The second kappa shape index (κ2) is 9.00. The highest BCUT2D eigenvalue weighted by Crippen LogP contribution is 2.37. The maximum absolute atomic E-state index is 12.9. The van der Waals surface area contributed by atoms with Crippen LogP contribution in [0.1, 0.15) is 12.5 Å². The minimum absolute atomic E-state index is 0.0884. The lowest BCUT2D eigenvalue weighted by Crippen LogP contribution is -2.35. The molecule has 3 rings (SSSR count). The van der Waals surface area contributed by atoms with Crippen molar-refractivity contribution in [2.75, 3.05) is 19.2 Å². The number of rotatable bonds is 6. The largest absolute Gasteiger partial charge is 0.493 e. The molecule has 0 bridgehead atoms. The van der Waals surface area contributed by atoms with E-state index >= 15 is 0 Å². The normalized spacial score (nSPS) is 15.7. The highest BCUT2D eigenvalue weighted by Gasteiger charge is 2.35. The Morgan fingerprint density at radius 2 is 1.87 bits per heavy atom. The van der Waals surface area contributed by atoms with E-state index in [0.29, 0.717) is 21.5 Å². The molecule has 2 aromatic carbocycles. The number of hydrogen-bond donors (Lipinski definition) is 1. The summed E-state index contributed by atoms with van der Waals surface area (Å²) in [6.07, 6.45) is 0.462. The van der Waals surface area contributed by atoms with E-state index in [2.05, 4.69) is 21.4 Å². The third-order valence-corrected chi connectivity index (χ3v) is 4.76. The van der Waals surface area contributed by atoms with Gasteiger partial charge in [0.05, 0.1) is 19.9 Å². The molecule has 156 valence electrons. The summed E-state index contributed by atoms with van der Waals surface area (Å²) in [7, 11) is 2.70. The summed E-state index contributed by atoms with van der Waals surface area (Å²) in [4.78, 5) is 37.2. The second-order valence-electron chi connectivity index (χ2n) is 6.28. The lowest BCUT2D eigenvalue weighted by atomic mass is 10.1. The van der Waals surface area contributed by atoms with Crippen molar-refractivity contribution >= 4 is 45.5 Å². The van der Waals surface area contributed by atoms with Gasteiger partial charge in [0, 0.05) is 10.0 Å². The number of nitrogens with one attached hydrogen (secondary N) is 1. The number of nitrogens with zero attached hydrogens (tertiary/aromatic N) is 1. The molecule has 1 N–H and O–H groups in total. The van der Waals surface area contributed by atoms with E-state index in [4.69, 9.17) is 14.2 Å². The lowest BCUT2D eigenvalue weighted by molar-refractivity contribution is -0.148. The fraction of sp³-hybridized carbons (Fsp3) is 0.190. The number of ether oxygens (including phenoxy) is 3. The molecule has 0 aromatic heterocycles. The molecule has 1 aliphatic heterocycles. The van der Waals surface area contributed by atoms with E-state index < -0.39 is 23.9 Å². The summed E-state index contributed by atoms with van der Waals surface area (Å²) in [5, 5.41) is 1.17. The number of carbonyl (C=O) groups is 3. The highest BCUT2D eigenvalue weighted by molar-refractivity contribution is 9.10. The molecular weight excluding hydrogens is 456 g/mol. The summed E-state index contributed by atoms with van der Waals surface area (Å²) >= 11 is 3.37. The standard InChI is InChI=1S/C21H19BrN2O6/c1-12(21(27)29-3)30-18-13(9-14(22)11-17(18)28-2)10-16-19(25)23-24(20(16)26)15-7-5-4-6-8-15/h4-12H,1-3H3,(H,23,25)/b16-10-/t12-/m0/s1. The summed E-state index contributed by atoms with van der Waals surface area (Å²) in [5.74, 6) is -1.14. The molecule has 0 radical (unpaired) electrons. The molecule has 1 saturated heterocycles. The van der Waals surface area contributed by atoms with Crippen molar-refractivity contribution in [1.82, 2.24) is 5.43 Å². The first-order valence-electron chi connectivity index (χ1n) is 8.90. The molecule has 8 nitrogen and oxygen atoms in total. The molecule has 0 saturated carbocycles. The number of hydrazine groups is 1. The number of esters is 1. The zero-order chi connectivity index (χ0) is 21.8. The molecule has 0 aliphatic carbocycles. The number of amides is 2. The Morgan fingerprint density at radius 3 is 2.50 bits per heavy atom. The zero-order valence-corrected chi connectivity index (χ0v) is 18.1. The third kappa shape index (κ3) is 4.30. The van der Waals surface area contributed by atoms with Crippen LogP contribution in [0.4, 0.5) is 5.69 Å². The van der Waals surface area contributed by atoms with Crippen LogP contribution in [0.5, 0.6) is 11.5 Å². The van der Waals surface area contributed by atoms with Gasteiger partial charge in [0.25, 0.3) is 11.8 Å². The van der Waals surface area contributed by atoms with Crippen LogP contribution in [0, 0.1) is 0 Å². The molecule has 1 atom stereocenters. The molecule has 1 fully saturated rings. The van der Waals surface area contributed by atoms with Gasteiger partial charge in [0.15, 0.2) is 17.6 Å². The fourth-order valence-electron chi connectivity index (χ4n) is 2.84. The molecule has 1 aliphatic rings. The van der Waals surface area contributed by atoms with Crippen LogP contribution in [0.2, 0.25) is 0 Å². The van der Waals surface area contributed by atoms with Gasteiger partial charge in [-0.1, -0.05) is 34.1 Å². The Bertz CT molecular complexity index is 1020. The monoisotopic (exact) mass is 474 g/mol. The van der Waals surface area contributed by atoms with Crippen molar-refractivity contribution in [2.45, 2.75) is 13.0 Å². The van der Waals surface area contributed by atoms with E-state index in [1.165, 1.54) is 32.2 Å². The molecule has 0 spiro atoms. The Kier molecular flexibility index (Phi) is 6.41. The number of hydrogen-bond acceptors (Lipinski definition) is 6. The number of carbonyl (C=O) groups excluding carboxylic acids is 3. The molecular formula is C21H19BrN2O6. The predicted octanol–water partition coefficient (Wildman–Crippen LogP) is 2.86. The summed E-state index contributed by atoms with van der Waals surface area (Å²) in [5.41, 5.74) is 3.36. The van der Waals surface area contributed by atoms with Gasteiger partial charge in [0.2, 0.25) is 0 Å². The van der Waals surface area contributed by atoms with Gasteiger partial charge in [-0.3, -0.25) is 15.0 Å². The Balaban J connectivity index is 2.03. The van der Waals surface area contributed by atoms with Gasteiger partial charge in [-0.2, -0.15) is 0 Å². The first kappa shape index (κ1) is 21.4. The minimum atomic E-state index is -0.934. The maximum atomic E-state index is 12.9. The van der Waals surface area contributed by atoms with Crippen molar-refractivity contribution in [3.8, 4) is 11.5 Å². The van der Waals surface area contributed by atoms with E-state index in [1.54, 1.807) is 36.4 Å². The van der Waals surface area contributed by atoms with Crippen LogP contribution in [-0.4, -0.2) is 38.1 Å². The van der Waals surface area contributed by atoms with Crippen LogP contribution < -0.4 is 19.9 Å². The first-order chi connectivity index (χ1) is 14.3. The van der Waals surface area contributed by atoms with Gasteiger partial charge in [-0.05, 0) is 37.3 Å². The topological polar surface area (TPSA) is 94.2 Å². The first-order valence-corrected chi connectivity index (χ1v) is 9.69. The molecule has 1 heterocycles. The van der Waals surface area contributed by atoms with Gasteiger partial charge in [0.1, 0.15) is 5.57 Å². The Hall–Kier alpha value is -3.33. The number of benzene rings is 2. The van der Waals surface area contributed by atoms with Gasteiger partial charge >= 0.3 is 5.97 Å². The van der Waals surface area contributed by atoms with Crippen molar-refractivity contribution in [3.63, 3.8) is 0 Å². The van der Waals surface area contributed by atoms with E-state index in [-0.39, 0.29) is 11.3 Å². The average molecular weight is 475 g/mol. The van der Waals surface area contributed by atoms with E-state index in [0.717, 1.165) is 0 Å². The minimum Gasteiger partial charge on any atom is -0.493 e. The van der Waals surface area contributed by atoms with Crippen molar-refractivity contribution < 1.29 is 28.6 Å². The summed E-state index contributed by atoms with van der Waals surface area (Å²) < 4.78 is 16.4. The predicted molar refractivity (Wildman–Crippen MR) is 113 cm³/mol. The number of anilines is 1. The Labute approximate surface area is 181 Å². The van der Waals surface area contributed by atoms with E-state index in [1.807, 2.05) is 6.07 Å². The number of methoxy groups -OCH3 is 2. The van der Waals surface area contributed by atoms with Crippen LogP contribution in [0.3, 0.4) is 0 Å². The van der Waals surface area contributed by atoms with Crippen molar-refractivity contribution in [2.24, 2.45) is 0 Å². The van der Waals surface area contributed by atoms with Crippen LogP contribution >= 0.6 is 15.9 Å². The van der Waals surface area contributed by atoms with Crippen LogP contribution in [0.15, 0.2) is 52.5 Å². The maximum Gasteiger partial charge on any atom is 0.346 e. The second-order valence-corrected chi connectivity index (χ2v) is 7.20. The van der Waals surface area contributed by atoms with Crippen LogP contribution in [0.25, 0.3) is 6.08 Å². The smallest absolute Gasteiger partial charge is 0.346 e. The average Bonchev–Trinajstić information content (AvgIpc) is 3.03. The van der Waals surface area contributed by atoms with Crippen molar-refractivity contribution in [1.29, 1.82) is 0 Å². The fourth-order valence-corrected chi connectivity index (χ4v) is 3.29. The molecule has 0 unspecified atom stereocenters. The number of halogens is 1. The summed E-state index contributed by atoms with van der Waals surface area (Å²) in [6, 6.07) is 12.0. The molecule has 9 heteroatoms. The quantitative estimate of drug-likeness (QED) is 0.393. The van der Waals surface area contributed by atoms with Crippen molar-refractivity contribution in [3.05, 3.63) is 58.1 Å². The van der Waals surface area contributed by atoms with Gasteiger partial charge < -0.3 is 14.2 Å². The zero-order valence-electron chi connectivity index (χ0n) is 16.5. The SMILES string of the molecule is COC(=O)[C@H](C)Oc1c(/C=C2/C(=O)NN(c3ccccc3)C2=O)cc(Br)cc1OC. The third-order valence-electron chi connectivity index (χ3n) is 4.30. The van der Waals surface area contributed by atoms with Crippen LogP contribution in [-0.2, 0) is 19.1 Å². The van der Waals surface area contributed by atoms with Gasteiger partial charge in [-0.25, -0.2) is 9.80 Å². The lowest BCUT2D eigenvalue weighted by Gasteiger charge is -2.18.